The molecule has 5 heteroatoms. The lowest BCUT2D eigenvalue weighted by Crippen LogP contribution is -2.06. The molecule has 0 spiro atoms. The van der Waals surface area contributed by atoms with Gasteiger partial charge in [-0.15, -0.1) is 0 Å². The van der Waals surface area contributed by atoms with E-state index in [0.717, 1.165) is 5.69 Å². The van der Waals surface area contributed by atoms with E-state index in [2.05, 4.69) is 10.1 Å². The van der Waals surface area contributed by atoms with E-state index in [1.165, 1.54) is 7.11 Å². The smallest absolute Gasteiger partial charge is 0.305 e. The van der Waals surface area contributed by atoms with Gasteiger partial charge in [-0.05, 0) is 24.6 Å². The van der Waals surface area contributed by atoms with Crippen LogP contribution in [0.3, 0.4) is 0 Å². The predicted molar refractivity (Wildman–Crippen MR) is 66.2 cm³/mol. The molecule has 0 heterocycles. The summed E-state index contributed by atoms with van der Waals surface area (Å²) >= 11 is 11.7. The molecule has 0 aliphatic rings. The number of halogens is 2. The van der Waals surface area contributed by atoms with Crippen molar-refractivity contribution in [3.8, 4) is 0 Å². The van der Waals surface area contributed by atoms with Crippen LogP contribution in [-0.2, 0) is 9.53 Å². The van der Waals surface area contributed by atoms with Gasteiger partial charge in [0, 0.05) is 28.7 Å². The minimum atomic E-state index is -0.203. The highest BCUT2D eigenvalue weighted by molar-refractivity contribution is 6.35. The summed E-state index contributed by atoms with van der Waals surface area (Å²) in [7, 11) is 1.38. The van der Waals surface area contributed by atoms with Crippen molar-refractivity contribution in [1.82, 2.24) is 0 Å². The van der Waals surface area contributed by atoms with Gasteiger partial charge in [0.2, 0.25) is 0 Å². The van der Waals surface area contributed by atoms with Crippen molar-refractivity contribution in [2.45, 2.75) is 12.8 Å². The Kier molecular flexibility index (Phi) is 5.43. The van der Waals surface area contributed by atoms with E-state index in [9.17, 15) is 4.79 Å². The molecule has 1 aromatic carbocycles. The van der Waals surface area contributed by atoms with E-state index in [-0.39, 0.29) is 5.97 Å². The maximum Gasteiger partial charge on any atom is 0.305 e. The molecule has 16 heavy (non-hydrogen) atoms. The van der Waals surface area contributed by atoms with Crippen LogP contribution in [0.4, 0.5) is 5.69 Å². The molecule has 0 atom stereocenters. The molecule has 0 amide bonds. The van der Waals surface area contributed by atoms with Crippen molar-refractivity contribution in [2.24, 2.45) is 0 Å². The summed E-state index contributed by atoms with van der Waals surface area (Å²) in [4.78, 5) is 10.8. The van der Waals surface area contributed by atoms with Gasteiger partial charge < -0.3 is 10.1 Å². The Morgan fingerprint density at radius 1 is 1.31 bits per heavy atom. The molecule has 0 radical (unpaired) electrons. The van der Waals surface area contributed by atoms with Crippen molar-refractivity contribution in [3.63, 3.8) is 0 Å². The van der Waals surface area contributed by atoms with Gasteiger partial charge in [-0.1, -0.05) is 23.2 Å². The second-order valence-electron chi connectivity index (χ2n) is 3.26. The zero-order chi connectivity index (χ0) is 12.0. The summed E-state index contributed by atoms with van der Waals surface area (Å²) in [5.74, 6) is -0.203. The molecule has 0 unspecified atom stereocenters. The number of anilines is 1. The first-order valence-electron chi connectivity index (χ1n) is 4.88. The topological polar surface area (TPSA) is 38.3 Å². The quantitative estimate of drug-likeness (QED) is 0.653. The zero-order valence-corrected chi connectivity index (χ0v) is 10.4. The van der Waals surface area contributed by atoms with E-state index >= 15 is 0 Å². The SMILES string of the molecule is COC(=O)CCCNc1cc(Cl)cc(Cl)c1. The molecular weight excluding hydrogens is 249 g/mol. The van der Waals surface area contributed by atoms with Crippen LogP contribution in [0.2, 0.25) is 10.0 Å². The number of benzene rings is 1. The van der Waals surface area contributed by atoms with Gasteiger partial charge in [-0.2, -0.15) is 0 Å². The largest absolute Gasteiger partial charge is 0.469 e. The van der Waals surface area contributed by atoms with Gasteiger partial charge in [-0.3, -0.25) is 4.79 Å². The monoisotopic (exact) mass is 261 g/mol. The zero-order valence-electron chi connectivity index (χ0n) is 8.93. The van der Waals surface area contributed by atoms with Crippen molar-refractivity contribution >= 4 is 34.9 Å². The summed E-state index contributed by atoms with van der Waals surface area (Å²) in [6.45, 7) is 0.672. The molecule has 0 saturated heterocycles. The average molecular weight is 262 g/mol. The summed E-state index contributed by atoms with van der Waals surface area (Å²) in [6.07, 6.45) is 1.11. The van der Waals surface area contributed by atoms with Crippen LogP contribution in [0, 0.1) is 0 Å². The molecule has 1 N–H and O–H groups in total. The van der Waals surface area contributed by atoms with Crippen molar-refractivity contribution < 1.29 is 9.53 Å². The van der Waals surface area contributed by atoms with Gasteiger partial charge >= 0.3 is 5.97 Å². The number of methoxy groups -OCH3 is 1. The molecule has 88 valence electrons. The third-order valence-electron chi connectivity index (χ3n) is 1.98. The number of ether oxygens (including phenoxy) is 1. The molecule has 0 aliphatic heterocycles. The summed E-state index contributed by atoms with van der Waals surface area (Å²) in [6, 6.07) is 5.24. The fraction of sp³-hybridized carbons (Fsp3) is 0.364. The maximum atomic E-state index is 10.8. The summed E-state index contributed by atoms with van der Waals surface area (Å²) in [5, 5.41) is 4.30. The lowest BCUT2D eigenvalue weighted by Gasteiger charge is -2.06. The fourth-order valence-electron chi connectivity index (χ4n) is 1.22. The Labute approximate surface area is 105 Å². The van der Waals surface area contributed by atoms with Gasteiger partial charge in [-0.25, -0.2) is 0 Å². The number of carbonyl (C=O) groups excluding carboxylic acids is 1. The Bertz CT molecular complexity index is 349. The van der Waals surface area contributed by atoms with Gasteiger partial charge in [0.25, 0.3) is 0 Å². The Balaban J connectivity index is 2.34. The molecule has 3 nitrogen and oxygen atoms in total. The van der Waals surface area contributed by atoms with Gasteiger partial charge in [0.05, 0.1) is 7.11 Å². The number of hydrogen-bond donors (Lipinski definition) is 1. The summed E-state index contributed by atoms with van der Waals surface area (Å²) in [5.41, 5.74) is 0.849. The number of nitrogens with one attached hydrogen (secondary N) is 1. The van der Waals surface area contributed by atoms with Crippen LogP contribution in [0.25, 0.3) is 0 Å². The van der Waals surface area contributed by atoms with Crippen LogP contribution < -0.4 is 5.32 Å². The van der Waals surface area contributed by atoms with E-state index in [1.54, 1.807) is 18.2 Å². The van der Waals surface area contributed by atoms with Crippen molar-refractivity contribution in [1.29, 1.82) is 0 Å². The number of esters is 1. The highest BCUT2D eigenvalue weighted by Gasteiger charge is 2.00. The Hall–Kier alpha value is -0.930. The highest BCUT2D eigenvalue weighted by Crippen LogP contribution is 2.22. The molecule has 0 aliphatic carbocycles. The Morgan fingerprint density at radius 3 is 2.50 bits per heavy atom. The van der Waals surface area contributed by atoms with Crippen molar-refractivity contribution in [3.05, 3.63) is 28.2 Å². The minimum absolute atomic E-state index is 0.203. The Morgan fingerprint density at radius 2 is 1.94 bits per heavy atom. The van der Waals surface area contributed by atoms with Gasteiger partial charge in [0.15, 0.2) is 0 Å². The van der Waals surface area contributed by atoms with Crippen LogP contribution in [0.15, 0.2) is 18.2 Å². The number of hydrogen-bond acceptors (Lipinski definition) is 3. The lowest BCUT2D eigenvalue weighted by atomic mass is 10.3. The van der Waals surface area contributed by atoms with E-state index in [0.29, 0.717) is 29.4 Å². The summed E-state index contributed by atoms with van der Waals surface area (Å²) < 4.78 is 4.53. The fourth-order valence-corrected chi connectivity index (χ4v) is 1.75. The van der Waals surface area contributed by atoms with Crippen LogP contribution in [0.1, 0.15) is 12.8 Å². The van der Waals surface area contributed by atoms with E-state index in [4.69, 9.17) is 23.2 Å². The normalized spacial score (nSPS) is 9.94. The highest BCUT2D eigenvalue weighted by atomic mass is 35.5. The molecule has 1 aromatic rings. The molecule has 1 rings (SSSR count). The predicted octanol–water partition coefficient (Wildman–Crippen LogP) is 3.36. The lowest BCUT2D eigenvalue weighted by molar-refractivity contribution is -0.140. The maximum absolute atomic E-state index is 10.8. The average Bonchev–Trinajstić information content (AvgIpc) is 2.22. The van der Waals surface area contributed by atoms with Crippen LogP contribution in [0.5, 0.6) is 0 Å². The standard InChI is InChI=1S/C11H13Cl2NO2/c1-16-11(15)3-2-4-14-10-6-8(12)5-9(13)7-10/h5-7,14H,2-4H2,1H3. The third kappa shape index (κ3) is 4.73. The second-order valence-corrected chi connectivity index (χ2v) is 4.14. The van der Waals surface area contributed by atoms with Crippen LogP contribution in [-0.4, -0.2) is 19.6 Å². The molecule has 0 bridgehead atoms. The third-order valence-corrected chi connectivity index (χ3v) is 2.41. The minimum Gasteiger partial charge on any atom is -0.469 e. The second kappa shape index (κ2) is 6.61. The van der Waals surface area contributed by atoms with E-state index < -0.39 is 0 Å². The number of carbonyl (C=O) groups is 1. The first-order chi connectivity index (χ1) is 7.61. The molecular formula is C11H13Cl2NO2. The van der Waals surface area contributed by atoms with Crippen molar-refractivity contribution in [2.75, 3.05) is 19.0 Å². The van der Waals surface area contributed by atoms with Crippen LogP contribution >= 0.6 is 23.2 Å². The molecule has 0 aromatic heterocycles. The van der Waals surface area contributed by atoms with E-state index in [1.807, 2.05) is 0 Å². The first kappa shape index (κ1) is 13.1. The molecule has 0 saturated carbocycles. The molecule has 0 fully saturated rings. The van der Waals surface area contributed by atoms with Gasteiger partial charge in [0.1, 0.15) is 0 Å². The number of rotatable bonds is 5. The first-order valence-corrected chi connectivity index (χ1v) is 5.64.